The van der Waals surface area contributed by atoms with Crippen molar-refractivity contribution in [3.63, 3.8) is 0 Å². The van der Waals surface area contributed by atoms with Crippen molar-refractivity contribution >= 4 is 63.7 Å². The van der Waals surface area contributed by atoms with Crippen molar-refractivity contribution in [2.45, 2.75) is 68.1 Å². The van der Waals surface area contributed by atoms with E-state index in [1.807, 2.05) is 0 Å². The number of anilines is 1. The van der Waals surface area contributed by atoms with Crippen LogP contribution in [0.25, 0.3) is 0 Å². The first-order valence-corrected chi connectivity index (χ1v) is 16.3. The number of carboxylic acids is 2. The SMILES string of the molecule is CC(C)(O/N=C(\C(=O)N[C@@H]1C(=O)N2C(C(=O)[O-])=C(C[n+]3ccccc3)CS[C@H]12)c1csc(N)n1)C(=O)OC1OC(C(=O)O)C(O)C(O)C1O. The summed E-state index contributed by atoms with van der Waals surface area (Å²) in [5.74, 6) is -6.04. The number of pyridine rings is 1. The lowest BCUT2D eigenvalue weighted by Crippen LogP contribution is -2.71. The fraction of sp³-hybridized carbons (Fsp3) is 0.429. The van der Waals surface area contributed by atoms with Gasteiger partial charge in [0.05, 0.1) is 11.7 Å². The smallest absolute Gasteiger partial charge is 0.355 e. The highest BCUT2D eigenvalue weighted by Crippen LogP contribution is 2.40. The molecule has 5 unspecified atom stereocenters. The van der Waals surface area contributed by atoms with Crippen molar-refractivity contribution < 1.29 is 68.4 Å². The van der Waals surface area contributed by atoms with Gasteiger partial charge in [0.25, 0.3) is 11.8 Å². The fourth-order valence-corrected chi connectivity index (χ4v) is 6.84. The van der Waals surface area contributed by atoms with E-state index in [1.165, 1.54) is 17.1 Å². The van der Waals surface area contributed by atoms with Gasteiger partial charge in [-0.25, -0.2) is 19.1 Å². The summed E-state index contributed by atoms with van der Waals surface area (Å²) in [6, 6.07) is 4.15. The molecule has 2 saturated heterocycles. The van der Waals surface area contributed by atoms with Crippen molar-refractivity contribution in [2.24, 2.45) is 5.16 Å². The van der Waals surface area contributed by atoms with Gasteiger partial charge in [-0.1, -0.05) is 11.2 Å². The van der Waals surface area contributed by atoms with Crippen molar-refractivity contribution in [2.75, 3.05) is 11.5 Å². The molecule has 5 rings (SSSR count). The fourth-order valence-electron chi connectivity index (χ4n) is 4.96. The number of amides is 2. The number of hydrogen-bond donors (Lipinski definition) is 6. The number of hydrogen-bond acceptors (Lipinski definition) is 17. The molecule has 19 nitrogen and oxygen atoms in total. The third-order valence-corrected chi connectivity index (χ3v) is 9.56. The summed E-state index contributed by atoms with van der Waals surface area (Å²) >= 11 is 2.17. The van der Waals surface area contributed by atoms with Crippen LogP contribution in [0.1, 0.15) is 19.5 Å². The third-order valence-electron chi connectivity index (χ3n) is 7.55. The Morgan fingerprint density at radius 2 is 1.88 bits per heavy atom. The van der Waals surface area contributed by atoms with Gasteiger partial charge < -0.3 is 55.7 Å². The molecule has 0 spiro atoms. The Morgan fingerprint density at radius 1 is 1.18 bits per heavy atom. The number of oxime groups is 1. The number of carbonyl (C=O) groups is 5. The summed E-state index contributed by atoms with van der Waals surface area (Å²) in [5.41, 5.74) is 3.19. The topological polar surface area (TPSA) is 287 Å². The molecule has 0 saturated carbocycles. The monoisotopic (exact) mass is 722 g/mol. The molecule has 7 N–H and O–H groups in total. The normalized spacial score (nSPS) is 27.1. The second kappa shape index (κ2) is 14.1. The molecular formula is C28H30N6O13S2. The molecule has 262 valence electrons. The maximum Gasteiger partial charge on any atom is 0.355 e. The van der Waals surface area contributed by atoms with Crippen LogP contribution in [-0.2, 0) is 44.8 Å². The van der Waals surface area contributed by atoms with Crippen molar-refractivity contribution in [3.8, 4) is 0 Å². The van der Waals surface area contributed by atoms with Gasteiger partial charge >= 0.3 is 11.9 Å². The van der Waals surface area contributed by atoms with E-state index >= 15 is 0 Å². The van der Waals surface area contributed by atoms with Crippen LogP contribution in [0.15, 0.2) is 52.4 Å². The zero-order valence-corrected chi connectivity index (χ0v) is 27.2. The van der Waals surface area contributed by atoms with Gasteiger partial charge in [0.2, 0.25) is 11.9 Å². The molecule has 0 aliphatic carbocycles. The second-order valence-electron chi connectivity index (χ2n) is 11.4. The molecule has 2 fully saturated rings. The van der Waals surface area contributed by atoms with Crippen LogP contribution >= 0.6 is 23.1 Å². The number of thioether (sulfide) groups is 1. The van der Waals surface area contributed by atoms with Crippen molar-refractivity contribution in [1.82, 2.24) is 15.2 Å². The summed E-state index contributed by atoms with van der Waals surface area (Å²) in [7, 11) is 0. The number of β-lactam (4-membered cyclic amide) rings is 1. The quantitative estimate of drug-likeness (QED) is 0.0424. The van der Waals surface area contributed by atoms with Gasteiger partial charge in [-0.3, -0.25) is 14.5 Å². The lowest BCUT2D eigenvalue weighted by molar-refractivity contribution is -0.689. The van der Waals surface area contributed by atoms with E-state index in [0.29, 0.717) is 5.57 Å². The molecule has 2 aromatic rings. The van der Waals surface area contributed by atoms with Gasteiger partial charge in [0.15, 0.2) is 35.9 Å². The minimum absolute atomic E-state index is 0.0348. The molecular weight excluding hydrogens is 692 g/mol. The number of aliphatic hydroxyl groups excluding tert-OH is 3. The predicted molar refractivity (Wildman–Crippen MR) is 162 cm³/mol. The van der Waals surface area contributed by atoms with Crippen LogP contribution in [0, 0.1) is 0 Å². The number of aliphatic hydroxyl groups is 3. The van der Waals surface area contributed by atoms with E-state index in [9.17, 15) is 49.5 Å². The van der Waals surface area contributed by atoms with E-state index in [4.69, 9.17) is 20.0 Å². The number of nitrogen functional groups attached to an aromatic ring is 1. The number of aliphatic carboxylic acids is 2. The Balaban J connectivity index is 1.31. The molecule has 0 radical (unpaired) electrons. The van der Waals surface area contributed by atoms with Gasteiger partial charge in [-0.15, -0.1) is 23.1 Å². The summed E-state index contributed by atoms with van der Waals surface area (Å²) in [6.45, 7) is 2.48. The number of rotatable bonds is 11. The summed E-state index contributed by atoms with van der Waals surface area (Å²) in [5, 5.41) is 58.3. The van der Waals surface area contributed by atoms with Gasteiger partial charge in [-0.2, -0.15) is 0 Å². The number of nitrogens with zero attached hydrogens (tertiary/aromatic N) is 4. The van der Waals surface area contributed by atoms with Crippen molar-refractivity contribution in [3.05, 3.63) is 52.9 Å². The van der Waals surface area contributed by atoms with Crippen molar-refractivity contribution in [1.29, 1.82) is 0 Å². The summed E-state index contributed by atoms with van der Waals surface area (Å²) in [4.78, 5) is 73.6. The molecule has 0 aromatic carbocycles. The number of thiazole rings is 1. The average molecular weight is 723 g/mol. The lowest BCUT2D eigenvalue weighted by Gasteiger charge is -2.50. The number of esters is 1. The van der Waals surface area contributed by atoms with Crippen LogP contribution < -0.4 is 20.7 Å². The molecule has 3 aliphatic rings. The Labute approximate surface area is 284 Å². The predicted octanol–water partition coefficient (Wildman–Crippen LogP) is -3.95. The lowest BCUT2D eigenvalue weighted by atomic mass is 9.99. The number of carbonyl (C=O) groups excluding carboxylic acids is 4. The third kappa shape index (κ3) is 7.21. The molecule has 5 heterocycles. The van der Waals surface area contributed by atoms with E-state index in [0.717, 1.165) is 30.1 Å². The molecule has 7 atom stereocenters. The van der Waals surface area contributed by atoms with Crippen LogP contribution in [0.2, 0.25) is 0 Å². The van der Waals surface area contributed by atoms with E-state index in [-0.39, 0.29) is 28.8 Å². The van der Waals surface area contributed by atoms with Gasteiger partial charge in [0, 0.05) is 28.8 Å². The van der Waals surface area contributed by atoms with Gasteiger partial charge in [-0.05, 0) is 13.8 Å². The molecule has 49 heavy (non-hydrogen) atoms. The highest BCUT2D eigenvalue weighted by molar-refractivity contribution is 8.00. The molecule has 3 aliphatic heterocycles. The molecule has 2 aromatic heterocycles. The number of fused-ring (bicyclic) bond motifs is 1. The Morgan fingerprint density at radius 3 is 2.49 bits per heavy atom. The van der Waals surface area contributed by atoms with Crippen LogP contribution in [0.4, 0.5) is 5.13 Å². The van der Waals surface area contributed by atoms with Crippen LogP contribution in [0.3, 0.4) is 0 Å². The van der Waals surface area contributed by atoms with E-state index in [2.05, 4.69) is 15.5 Å². The zero-order valence-electron chi connectivity index (χ0n) is 25.6. The first-order chi connectivity index (χ1) is 23.1. The first kappa shape index (κ1) is 35.6. The summed E-state index contributed by atoms with van der Waals surface area (Å²) < 4.78 is 11.7. The summed E-state index contributed by atoms with van der Waals surface area (Å²) in [6.07, 6.45) is -6.69. The molecule has 0 bridgehead atoms. The Hall–Kier alpha value is -4.67. The Kier molecular flexibility index (Phi) is 10.2. The number of nitrogens with one attached hydrogen (secondary N) is 1. The molecule has 21 heteroatoms. The van der Waals surface area contributed by atoms with Gasteiger partial charge in [0.1, 0.15) is 35.4 Å². The average Bonchev–Trinajstić information content (AvgIpc) is 3.49. The van der Waals surface area contributed by atoms with Crippen LogP contribution in [-0.4, -0.2) is 119 Å². The second-order valence-corrected chi connectivity index (χ2v) is 13.4. The molecule has 2 amide bonds. The highest BCUT2D eigenvalue weighted by Gasteiger charge is 2.54. The number of aromatic nitrogens is 2. The standard InChI is InChI=1S/C28H30N6O13S2/c1-28(2,26(44)46-25-18(37)16(35)17(36)19(45-25)24(42)43)47-32-13(12-10-49-27(29)30-12)20(38)31-14-21(39)34-15(23(40)41)11(9-48-22(14)34)8-33-6-4-3-5-7-33/h3-7,10,14,16-19,22,25,35-37H,8-9H2,1-2H3,(H4-,29,30,31,38,40,41,42,43)/b32-13-/t14-,16?,17?,18?,19?,22-,25?/m1/s1. The highest BCUT2D eigenvalue weighted by atomic mass is 32.2. The number of ether oxygens (including phenoxy) is 2. The van der Waals surface area contributed by atoms with E-state index in [1.54, 1.807) is 35.2 Å². The Bertz CT molecular complexity index is 1720. The minimum Gasteiger partial charge on any atom is -0.543 e. The largest absolute Gasteiger partial charge is 0.543 e. The maximum atomic E-state index is 13.5. The minimum atomic E-state index is -2.06. The zero-order chi connectivity index (χ0) is 35.8. The van der Waals surface area contributed by atoms with E-state index < -0.39 is 83.2 Å². The first-order valence-electron chi connectivity index (χ1n) is 14.3. The number of carboxylic acid groups (broad SMARTS) is 2. The number of nitrogens with two attached hydrogens (primary N) is 1. The van der Waals surface area contributed by atoms with Crippen LogP contribution in [0.5, 0.6) is 0 Å². The maximum absolute atomic E-state index is 13.5.